The molecule has 0 spiro atoms. The van der Waals surface area contributed by atoms with Crippen LogP contribution in [-0.4, -0.2) is 23.8 Å². The summed E-state index contributed by atoms with van der Waals surface area (Å²) in [6.45, 7) is 0.316. The Morgan fingerprint density at radius 3 is 2.25 bits per heavy atom. The van der Waals surface area contributed by atoms with Crippen LogP contribution in [0.2, 0.25) is 0 Å². The van der Waals surface area contributed by atoms with Crippen LogP contribution in [0, 0.1) is 17.5 Å². The van der Waals surface area contributed by atoms with Gasteiger partial charge in [0.15, 0.2) is 0 Å². The van der Waals surface area contributed by atoms with Crippen molar-refractivity contribution in [2.24, 2.45) is 0 Å². The number of halogens is 3. The molecule has 0 radical (unpaired) electrons. The van der Waals surface area contributed by atoms with Gasteiger partial charge in [-0.1, -0.05) is 24.3 Å². The predicted molar refractivity (Wildman–Crippen MR) is 129 cm³/mol. The maximum atomic E-state index is 14.5. The van der Waals surface area contributed by atoms with E-state index in [-0.39, 0.29) is 24.4 Å². The van der Waals surface area contributed by atoms with Crippen LogP contribution < -0.4 is 4.90 Å². The summed E-state index contributed by atoms with van der Waals surface area (Å²) in [6, 6.07) is 18.6. The van der Waals surface area contributed by atoms with Crippen molar-refractivity contribution in [3.8, 4) is 0 Å². The van der Waals surface area contributed by atoms with Gasteiger partial charge < -0.3 is 14.2 Å². The molecule has 0 aliphatic heterocycles. The summed E-state index contributed by atoms with van der Waals surface area (Å²) in [5, 5.41) is 0. The summed E-state index contributed by atoms with van der Waals surface area (Å²) in [7, 11) is 1.66. The number of carbonyl (C=O) groups is 2. The number of amides is 2. The highest BCUT2D eigenvalue weighted by molar-refractivity contribution is 6.06. The monoisotopic (exact) mass is 492 g/mol. The molecule has 0 fully saturated rings. The normalized spacial score (nSPS) is 10.8. The van der Waals surface area contributed by atoms with Crippen LogP contribution in [0.1, 0.15) is 27.2 Å². The summed E-state index contributed by atoms with van der Waals surface area (Å²) < 4.78 is 46.6. The molecule has 0 N–H and O–H groups in total. The second kappa shape index (κ2) is 10.9. The first kappa shape index (κ1) is 24.8. The van der Waals surface area contributed by atoms with Crippen molar-refractivity contribution in [2.75, 3.05) is 11.9 Å². The van der Waals surface area contributed by atoms with Gasteiger partial charge in [-0.2, -0.15) is 0 Å². The Kier molecular flexibility index (Phi) is 7.53. The zero-order valence-electron chi connectivity index (χ0n) is 19.5. The van der Waals surface area contributed by atoms with Gasteiger partial charge in [0.05, 0.1) is 31.3 Å². The SMILES string of the molecule is CN(Cc1ccco1)C(=O)Cc1cccc(N(Cc2ccc(F)cc2)C(=O)c2ccc(F)cc2F)c1. The third-order valence-electron chi connectivity index (χ3n) is 5.64. The summed E-state index contributed by atoms with van der Waals surface area (Å²) in [5.41, 5.74) is 1.34. The van der Waals surface area contributed by atoms with Gasteiger partial charge in [-0.25, -0.2) is 13.2 Å². The van der Waals surface area contributed by atoms with E-state index in [1.54, 1.807) is 43.4 Å². The average Bonchev–Trinajstić information content (AvgIpc) is 3.36. The Hall–Kier alpha value is -4.33. The smallest absolute Gasteiger partial charge is 0.261 e. The Labute approximate surface area is 206 Å². The number of likely N-dealkylation sites (N-methyl/N-ethyl adjacent to an activating group) is 1. The Balaban J connectivity index is 1.61. The zero-order chi connectivity index (χ0) is 25.7. The van der Waals surface area contributed by atoms with Crippen molar-refractivity contribution in [1.29, 1.82) is 0 Å². The van der Waals surface area contributed by atoms with Crippen LogP contribution in [0.5, 0.6) is 0 Å². The maximum absolute atomic E-state index is 14.5. The lowest BCUT2D eigenvalue weighted by Crippen LogP contribution is -2.31. The predicted octanol–water partition coefficient (Wildman–Crippen LogP) is 5.75. The number of hydrogen-bond acceptors (Lipinski definition) is 3. The third kappa shape index (κ3) is 6.02. The van der Waals surface area contributed by atoms with Crippen molar-refractivity contribution in [1.82, 2.24) is 4.90 Å². The molecular formula is C28H23F3N2O3. The molecule has 3 aromatic carbocycles. The topological polar surface area (TPSA) is 53.8 Å². The van der Waals surface area contributed by atoms with Crippen LogP contribution in [0.4, 0.5) is 18.9 Å². The number of nitrogens with zero attached hydrogens (tertiary/aromatic N) is 2. The molecule has 0 aliphatic rings. The minimum Gasteiger partial charge on any atom is -0.467 e. The fraction of sp³-hybridized carbons (Fsp3) is 0.143. The van der Waals surface area contributed by atoms with Gasteiger partial charge in [0, 0.05) is 18.8 Å². The van der Waals surface area contributed by atoms with Crippen LogP contribution in [-0.2, 0) is 24.3 Å². The summed E-state index contributed by atoms with van der Waals surface area (Å²) in [6.07, 6.45) is 1.60. The van der Waals surface area contributed by atoms with Crippen molar-refractivity contribution in [3.63, 3.8) is 0 Å². The molecule has 2 amide bonds. The number of benzene rings is 3. The molecule has 0 saturated heterocycles. The lowest BCUT2D eigenvalue weighted by Gasteiger charge is -2.24. The van der Waals surface area contributed by atoms with E-state index in [1.807, 2.05) is 0 Å². The molecule has 5 nitrogen and oxygen atoms in total. The number of carbonyl (C=O) groups excluding carboxylic acids is 2. The van der Waals surface area contributed by atoms with Gasteiger partial charge in [0.1, 0.15) is 23.2 Å². The standard InChI is InChI=1S/C28H23F3N2O3/c1-32(18-24-6-3-13-36-24)27(34)15-20-4-2-5-23(14-20)33(17-19-7-9-21(29)10-8-19)28(35)25-12-11-22(30)16-26(25)31/h2-14,16H,15,17-18H2,1H3. The molecule has 0 unspecified atom stereocenters. The fourth-order valence-corrected chi connectivity index (χ4v) is 3.73. The largest absolute Gasteiger partial charge is 0.467 e. The molecule has 0 saturated carbocycles. The first-order chi connectivity index (χ1) is 17.3. The van der Waals surface area contributed by atoms with Gasteiger partial charge in [-0.3, -0.25) is 9.59 Å². The second-order valence-electron chi connectivity index (χ2n) is 8.32. The van der Waals surface area contributed by atoms with Gasteiger partial charge in [0.2, 0.25) is 5.91 Å². The van der Waals surface area contributed by atoms with E-state index in [2.05, 4.69) is 0 Å². The molecular weight excluding hydrogens is 469 g/mol. The third-order valence-corrected chi connectivity index (χ3v) is 5.64. The van der Waals surface area contributed by atoms with E-state index in [0.29, 0.717) is 35.2 Å². The van der Waals surface area contributed by atoms with Crippen LogP contribution >= 0.6 is 0 Å². The van der Waals surface area contributed by atoms with Crippen LogP contribution in [0.15, 0.2) is 89.5 Å². The molecule has 184 valence electrons. The van der Waals surface area contributed by atoms with E-state index in [0.717, 1.165) is 12.1 Å². The summed E-state index contributed by atoms with van der Waals surface area (Å²) in [4.78, 5) is 29.0. The first-order valence-corrected chi connectivity index (χ1v) is 11.2. The number of anilines is 1. The Morgan fingerprint density at radius 2 is 1.56 bits per heavy atom. The van der Waals surface area contributed by atoms with Gasteiger partial charge in [0.25, 0.3) is 5.91 Å². The molecule has 1 aromatic heterocycles. The lowest BCUT2D eigenvalue weighted by molar-refractivity contribution is -0.129. The molecule has 0 aliphatic carbocycles. The highest BCUT2D eigenvalue weighted by atomic mass is 19.1. The first-order valence-electron chi connectivity index (χ1n) is 11.2. The minimum absolute atomic E-state index is 0.00568. The molecule has 4 rings (SSSR count). The zero-order valence-corrected chi connectivity index (χ0v) is 19.5. The minimum atomic E-state index is -0.991. The maximum Gasteiger partial charge on any atom is 0.261 e. The number of rotatable bonds is 8. The van der Waals surface area contributed by atoms with Crippen LogP contribution in [0.3, 0.4) is 0 Å². The van der Waals surface area contributed by atoms with E-state index < -0.39 is 23.4 Å². The number of furan rings is 1. The quantitative estimate of drug-likeness (QED) is 0.315. The Morgan fingerprint density at radius 1 is 0.806 bits per heavy atom. The summed E-state index contributed by atoms with van der Waals surface area (Å²) >= 11 is 0. The van der Waals surface area contributed by atoms with Gasteiger partial charge in [-0.15, -0.1) is 0 Å². The Bertz CT molecular complexity index is 1350. The van der Waals surface area contributed by atoms with E-state index in [4.69, 9.17) is 4.42 Å². The fourth-order valence-electron chi connectivity index (χ4n) is 3.73. The number of hydrogen-bond donors (Lipinski definition) is 0. The average molecular weight is 492 g/mol. The molecule has 4 aromatic rings. The highest BCUT2D eigenvalue weighted by Crippen LogP contribution is 2.24. The van der Waals surface area contributed by atoms with E-state index >= 15 is 0 Å². The molecule has 8 heteroatoms. The van der Waals surface area contributed by atoms with Crippen molar-refractivity contribution < 1.29 is 27.2 Å². The van der Waals surface area contributed by atoms with E-state index in [1.165, 1.54) is 40.3 Å². The molecule has 1 heterocycles. The molecule has 0 atom stereocenters. The summed E-state index contributed by atoms with van der Waals surface area (Å²) in [5.74, 6) is -2.43. The van der Waals surface area contributed by atoms with Gasteiger partial charge >= 0.3 is 0 Å². The molecule has 0 bridgehead atoms. The van der Waals surface area contributed by atoms with E-state index in [9.17, 15) is 22.8 Å². The van der Waals surface area contributed by atoms with Crippen molar-refractivity contribution in [3.05, 3.63) is 125 Å². The van der Waals surface area contributed by atoms with Gasteiger partial charge in [-0.05, 0) is 59.7 Å². The van der Waals surface area contributed by atoms with Crippen molar-refractivity contribution in [2.45, 2.75) is 19.5 Å². The lowest BCUT2D eigenvalue weighted by atomic mass is 10.1. The van der Waals surface area contributed by atoms with Crippen molar-refractivity contribution >= 4 is 17.5 Å². The van der Waals surface area contributed by atoms with Crippen LogP contribution in [0.25, 0.3) is 0 Å². The molecule has 36 heavy (non-hydrogen) atoms. The second-order valence-corrected chi connectivity index (χ2v) is 8.32. The highest BCUT2D eigenvalue weighted by Gasteiger charge is 2.22.